The van der Waals surface area contributed by atoms with Gasteiger partial charge < -0.3 is 14.5 Å². The average Bonchev–Trinajstić information content (AvgIpc) is 3.48. The molecule has 0 N–H and O–H groups in total. The van der Waals surface area contributed by atoms with E-state index < -0.39 is 0 Å². The first-order chi connectivity index (χ1) is 22.9. The first-order valence-electron chi connectivity index (χ1n) is 17.3. The van der Waals surface area contributed by atoms with E-state index in [0.717, 1.165) is 27.9 Å². The fourth-order valence-corrected chi connectivity index (χ4v) is 8.81. The van der Waals surface area contributed by atoms with E-state index in [9.17, 15) is 0 Å². The Hall–Kier alpha value is -4.20. The van der Waals surface area contributed by atoms with E-state index in [-0.39, 0.29) is 18.2 Å². The molecule has 7 atom stereocenters. The highest BCUT2D eigenvalue weighted by Gasteiger charge is 2.47. The molecule has 47 heavy (non-hydrogen) atoms. The van der Waals surface area contributed by atoms with Gasteiger partial charge in [0.2, 0.25) is 0 Å². The minimum atomic E-state index is 0.153. The highest BCUT2D eigenvalue weighted by Crippen LogP contribution is 2.51. The molecule has 4 aliphatic rings. The van der Waals surface area contributed by atoms with Gasteiger partial charge in [-0.15, -0.1) is 0 Å². The Labute approximate surface area is 284 Å². The van der Waals surface area contributed by atoms with Crippen molar-refractivity contribution in [2.75, 3.05) is 14.1 Å². The molecule has 3 aromatic carbocycles. The van der Waals surface area contributed by atoms with Gasteiger partial charge >= 0.3 is 0 Å². The molecule has 7 rings (SSSR count). The van der Waals surface area contributed by atoms with Gasteiger partial charge in [-0.05, 0) is 82.8 Å². The van der Waals surface area contributed by atoms with Crippen LogP contribution in [0.25, 0.3) is 11.1 Å². The summed E-state index contributed by atoms with van der Waals surface area (Å²) in [5.41, 5.74) is 7.71. The molecule has 2 radical (unpaired) electrons. The molecule has 3 aromatic rings. The van der Waals surface area contributed by atoms with Crippen molar-refractivity contribution in [1.82, 2.24) is 9.80 Å². The second-order valence-corrected chi connectivity index (χ2v) is 14.9. The van der Waals surface area contributed by atoms with Gasteiger partial charge in [0.15, 0.2) is 0 Å². The number of hydrogen-bond donors (Lipinski definition) is 0. The van der Waals surface area contributed by atoms with Crippen molar-refractivity contribution < 1.29 is 4.74 Å². The zero-order valence-electron chi connectivity index (χ0n) is 28.4. The Kier molecular flexibility index (Phi) is 9.02. The van der Waals surface area contributed by atoms with E-state index in [4.69, 9.17) is 4.74 Å². The largest absolute Gasteiger partial charge is 0.493 e. The van der Waals surface area contributed by atoms with Crippen molar-refractivity contribution >= 4 is 9.52 Å². The zero-order valence-corrected chi connectivity index (χ0v) is 29.4. The Morgan fingerprint density at radius 3 is 2.47 bits per heavy atom. The maximum atomic E-state index is 6.97. The molecule has 2 aliphatic carbocycles. The highest BCUT2D eigenvalue weighted by molar-refractivity contribution is 6.44. The van der Waals surface area contributed by atoms with E-state index >= 15 is 0 Å². The molecular formula is C43H46N2OSi. The first-order valence-corrected chi connectivity index (χ1v) is 18.8. The molecule has 3 nitrogen and oxygen atoms in total. The Morgan fingerprint density at radius 2 is 1.72 bits per heavy atom. The number of fused-ring (bicyclic) bond motifs is 2. The smallest absolute Gasteiger partial charge is 0.114 e. The van der Waals surface area contributed by atoms with E-state index in [1.165, 1.54) is 39.6 Å². The van der Waals surface area contributed by atoms with Crippen LogP contribution in [-0.4, -0.2) is 45.6 Å². The Balaban J connectivity index is 1.14. The first kappa shape index (κ1) is 31.4. The topological polar surface area (TPSA) is 15.7 Å². The second-order valence-electron chi connectivity index (χ2n) is 13.8. The average molecular weight is 635 g/mol. The third-order valence-electron chi connectivity index (χ3n) is 11.0. The molecule has 0 amide bonds. The number of benzene rings is 3. The lowest BCUT2D eigenvalue weighted by atomic mass is 9.70. The second kappa shape index (κ2) is 13.5. The normalized spacial score (nSPS) is 26.8. The van der Waals surface area contributed by atoms with Gasteiger partial charge in [0.05, 0.1) is 21.3 Å². The third-order valence-corrected chi connectivity index (χ3v) is 11.9. The molecule has 4 heteroatoms. The van der Waals surface area contributed by atoms with Crippen molar-refractivity contribution in [2.45, 2.75) is 63.8 Å². The van der Waals surface area contributed by atoms with E-state index in [1.54, 1.807) is 5.57 Å². The number of ether oxygens (including phenoxy) is 1. The summed E-state index contributed by atoms with van der Waals surface area (Å²) < 4.78 is 6.97. The third kappa shape index (κ3) is 6.26. The van der Waals surface area contributed by atoms with Crippen LogP contribution in [0.4, 0.5) is 0 Å². The van der Waals surface area contributed by atoms with Crippen molar-refractivity contribution in [2.24, 2.45) is 17.8 Å². The summed E-state index contributed by atoms with van der Waals surface area (Å²) in [5, 5.41) is 1.38. The van der Waals surface area contributed by atoms with Gasteiger partial charge in [-0.25, -0.2) is 0 Å². The van der Waals surface area contributed by atoms with Crippen LogP contribution in [-0.2, 0) is 4.74 Å². The number of likely N-dealkylation sites (N-methyl/N-ethyl adjacent to an activating group) is 1. The summed E-state index contributed by atoms with van der Waals surface area (Å²) in [6, 6.07) is 32.4. The van der Waals surface area contributed by atoms with Crippen LogP contribution < -0.4 is 0 Å². The minimum absolute atomic E-state index is 0.153. The molecule has 0 aromatic heterocycles. The predicted molar refractivity (Wildman–Crippen MR) is 196 cm³/mol. The molecular weight excluding hydrogens is 589 g/mol. The molecule has 238 valence electrons. The molecule has 0 saturated heterocycles. The van der Waals surface area contributed by atoms with Crippen LogP contribution in [0.5, 0.6) is 0 Å². The van der Waals surface area contributed by atoms with Gasteiger partial charge in [-0.2, -0.15) is 0 Å². The summed E-state index contributed by atoms with van der Waals surface area (Å²) in [5.74, 6) is 6.62. The number of hydrogen-bond acceptors (Lipinski definition) is 3. The maximum Gasteiger partial charge on any atom is 0.114 e. The van der Waals surface area contributed by atoms with Crippen molar-refractivity contribution in [3.63, 3.8) is 0 Å². The van der Waals surface area contributed by atoms with Crippen LogP contribution in [0.2, 0.25) is 6.55 Å². The molecule has 2 heterocycles. The van der Waals surface area contributed by atoms with Crippen LogP contribution in [0.3, 0.4) is 0 Å². The van der Waals surface area contributed by atoms with Gasteiger partial charge in [0.25, 0.3) is 0 Å². The van der Waals surface area contributed by atoms with Crippen molar-refractivity contribution in [3.8, 4) is 23.1 Å². The van der Waals surface area contributed by atoms with Crippen molar-refractivity contribution in [1.29, 1.82) is 0 Å². The van der Waals surface area contributed by atoms with Gasteiger partial charge in [0.1, 0.15) is 6.10 Å². The zero-order chi connectivity index (χ0) is 32.5. The molecule has 2 aliphatic heterocycles. The monoisotopic (exact) mass is 634 g/mol. The summed E-state index contributed by atoms with van der Waals surface area (Å²) in [6.45, 7) is 6.94. The summed E-state index contributed by atoms with van der Waals surface area (Å²) >= 11 is 0. The van der Waals surface area contributed by atoms with Gasteiger partial charge in [-0.1, -0.05) is 111 Å². The lowest BCUT2D eigenvalue weighted by Crippen LogP contribution is -2.46. The summed E-state index contributed by atoms with van der Waals surface area (Å²) in [7, 11) is 5.12. The number of rotatable bonds is 6. The molecule has 0 fully saturated rings. The molecule has 0 saturated carbocycles. The van der Waals surface area contributed by atoms with Crippen LogP contribution in [0.15, 0.2) is 126 Å². The summed E-state index contributed by atoms with van der Waals surface area (Å²) in [4.78, 5) is 4.58. The Morgan fingerprint density at radius 1 is 0.957 bits per heavy atom. The van der Waals surface area contributed by atoms with E-state index in [2.05, 4.69) is 166 Å². The molecule has 0 spiro atoms. The summed E-state index contributed by atoms with van der Waals surface area (Å²) in [6.07, 6.45) is 15.3. The minimum Gasteiger partial charge on any atom is -0.493 e. The lowest BCUT2D eigenvalue weighted by molar-refractivity contribution is 0.0126. The number of nitrogens with zero attached hydrogens (tertiary/aromatic N) is 2. The Bertz CT molecular complexity index is 1780. The molecule has 7 unspecified atom stereocenters. The SMILES string of the molecule is C[Si]C1=CN(C)C(c2ccc(-c3ccccc3)cc2C#CN(C)C(C)C2C(C)C=CC3C4=C(CC(c5ccccc5)CC4)OC32)C=C1. The number of allylic oxidation sites excluding steroid dienone is 4. The van der Waals surface area contributed by atoms with Gasteiger partial charge in [-0.3, -0.25) is 0 Å². The lowest BCUT2D eigenvalue weighted by Gasteiger charge is -2.40. The van der Waals surface area contributed by atoms with Crippen LogP contribution >= 0.6 is 0 Å². The van der Waals surface area contributed by atoms with E-state index in [1.807, 2.05) is 0 Å². The highest BCUT2D eigenvalue weighted by atomic mass is 28.2. The quantitative estimate of drug-likeness (QED) is 0.116. The standard InChI is InChI=1S/C43H46N2OSi/c1-29-16-20-39-38-22-18-34(32-14-10-7-11-15-32)27-41(38)46-43(39)42(29)30(2)44(3)25-24-35-26-33(31-12-8-6-9-13-31)17-21-37(35)40-23-19-36(47-5)28-45(40)4/h6-17,19-21,23,26,28-30,34,39-40,42-43H,18,22,27H2,1-5H3. The molecule has 0 bridgehead atoms. The van der Waals surface area contributed by atoms with Crippen molar-refractivity contribution in [3.05, 3.63) is 143 Å². The van der Waals surface area contributed by atoms with Crippen LogP contribution in [0, 0.1) is 29.7 Å². The maximum absolute atomic E-state index is 6.97. The fourth-order valence-electron chi connectivity index (χ4n) is 8.21. The fraction of sp³-hybridized carbons (Fsp3) is 0.349. The van der Waals surface area contributed by atoms with E-state index in [0.29, 0.717) is 23.7 Å². The predicted octanol–water partition coefficient (Wildman–Crippen LogP) is 9.18. The van der Waals surface area contributed by atoms with Crippen LogP contribution in [0.1, 0.15) is 61.8 Å². The van der Waals surface area contributed by atoms with Gasteiger partial charge in [0, 0.05) is 50.0 Å².